The molecule has 3 atom stereocenters. The monoisotopic (exact) mass is 534 g/mol. The average molecular weight is 535 g/mol. The molecule has 220 valence electrons. The highest BCUT2D eigenvalue weighted by Gasteiger charge is 2.33. The summed E-state index contributed by atoms with van der Waals surface area (Å²) in [7, 11) is 0. The van der Waals surface area contributed by atoms with Crippen molar-refractivity contribution >= 4 is 11.6 Å². The second-order valence-corrected chi connectivity index (χ2v) is 10.5. The molecule has 5 heteroatoms. The molecular formula is C33H58O5. The first-order valence-electron chi connectivity index (χ1n) is 15.5. The number of aliphatic hydroxyl groups excluding tert-OH is 3. The second kappa shape index (κ2) is 27.0. The largest absolute Gasteiger partial charge is 0.394 e. The van der Waals surface area contributed by atoms with Crippen molar-refractivity contribution < 1.29 is 24.9 Å². The van der Waals surface area contributed by atoms with Gasteiger partial charge in [0.15, 0.2) is 5.78 Å². The number of carbonyl (C=O) groups is 2. The minimum atomic E-state index is -1.70. The fourth-order valence-corrected chi connectivity index (χ4v) is 4.53. The van der Waals surface area contributed by atoms with Crippen LogP contribution in [-0.4, -0.2) is 45.7 Å². The summed E-state index contributed by atoms with van der Waals surface area (Å²) in [6, 6.07) is 0. The van der Waals surface area contributed by atoms with Crippen molar-refractivity contribution in [2.75, 3.05) is 6.61 Å². The fraction of sp³-hybridized carbons (Fsp3) is 0.758. The van der Waals surface area contributed by atoms with E-state index in [1.807, 2.05) is 0 Å². The number of unbranched alkanes of at least 4 members (excludes halogenated alkanes) is 12. The van der Waals surface area contributed by atoms with Crippen LogP contribution in [0.3, 0.4) is 0 Å². The van der Waals surface area contributed by atoms with Gasteiger partial charge in [-0.25, -0.2) is 0 Å². The molecule has 0 bridgehead atoms. The summed E-state index contributed by atoms with van der Waals surface area (Å²) in [6.45, 7) is 3.64. The molecule has 0 aromatic heterocycles. The third kappa shape index (κ3) is 20.4. The summed E-state index contributed by atoms with van der Waals surface area (Å²) < 4.78 is 0. The van der Waals surface area contributed by atoms with Gasteiger partial charge in [-0.1, -0.05) is 121 Å². The van der Waals surface area contributed by atoms with Gasteiger partial charge in [0.25, 0.3) is 0 Å². The van der Waals surface area contributed by atoms with Gasteiger partial charge >= 0.3 is 0 Å². The summed E-state index contributed by atoms with van der Waals surface area (Å²) in [6.07, 6.45) is 28.8. The maximum atomic E-state index is 12.9. The van der Waals surface area contributed by atoms with Crippen LogP contribution in [0.15, 0.2) is 36.5 Å². The maximum absolute atomic E-state index is 12.9. The number of allylic oxidation sites excluding steroid dienone is 6. The number of aliphatic hydroxyl groups is 3. The Morgan fingerprint density at radius 2 is 1.18 bits per heavy atom. The number of hydrogen-bond donors (Lipinski definition) is 3. The van der Waals surface area contributed by atoms with Gasteiger partial charge in [0, 0.05) is 6.42 Å². The summed E-state index contributed by atoms with van der Waals surface area (Å²) in [5, 5.41) is 28.9. The SMILES string of the molecule is CC/C=C\C/C=C\C/C=C\CCCCCCCC(=O)C(CCCCCCCCCC)C(=O)C(O)C(O)CO. The topological polar surface area (TPSA) is 94.8 Å². The van der Waals surface area contributed by atoms with E-state index in [0.29, 0.717) is 12.8 Å². The molecule has 3 N–H and O–H groups in total. The first kappa shape index (κ1) is 36.4. The molecule has 0 radical (unpaired) electrons. The predicted molar refractivity (Wildman–Crippen MR) is 159 cm³/mol. The number of carbonyl (C=O) groups excluding carboxylic acids is 2. The Balaban J connectivity index is 4.25. The van der Waals surface area contributed by atoms with E-state index in [1.54, 1.807) is 0 Å². The van der Waals surface area contributed by atoms with Gasteiger partial charge in [-0.15, -0.1) is 0 Å². The fourth-order valence-electron chi connectivity index (χ4n) is 4.53. The zero-order valence-corrected chi connectivity index (χ0v) is 24.5. The van der Waals surface area contributed by atoms with Crippen LogP contribution in [0.1, 0.15) is 136 Å². The zero-order chi connectivity index (χ0) is 28.3. The minimum Gasteiger partial charge on any atom is -0.394 e. The molecule has 5 nitrogen and oxygen atoms in total. The molecule has 0 rings (SSSR count). The van der Waals surface area contributed by atoms with Gasteiger partial charge in [0.1, 0.15) is 18.0 Å². The van der Waals surface area contributed by atoms with Crippen molar-refractivity contribution in [3.63, 3.8) is 0 Å². The van der Waals surface area contributed by atoms with Gasteiger partial charge in [0.05, 0.1) is 12.5 Å². The molecule has 0 fully saturated rings. The molecule has 0 saturated carbocycles. The molecule has 0 aliphatic carbocycles. The zero-order valence-electron chi connectivity index (χ0n) is 24.5. The van der Waals surface area contributed by atoms with Crippen LogP contribution in [0.25, 0.3) is 0 Å². The Morgan fingerprint density at radius 3 is 1.79 bits per heavy atom. The van der Waals surface area contributed by atoms with E-state index < -0.39 is 30.5 Å². The van der Waals surface area contributed by atoms with Crippen LogP contribution in [0.4, 0.5) is 0 Å². The molecule has 0 aromatic carbocycles. The maximum Gasteiger partial charge on any atom is 0.174 e. The van der Waals surface area contributed by atoms with Crippen LogP contribution >= 0.6 is 0 Å². The van der Waals surface area contributed by atoms with E-state index in [4.69, 9.17) is 5.11 Å². The Bertz CT molecular complexity index is 652. The molecule has 0 aliphatic heterocycles. The third-order valence-electron chi connectivity index (χ3n) is 7.00. The summed E-state index contributed by atoms with van der Waals surface area (Å²) >= 11 is 0. The summed E-state index contributed by atoms with van der Waals surface area (Å²) in [5.41, 5.74) is 0. The Hall–Kier alpha value is -1.56. The number of rotatable bonds is 27. The number of ketones is 2. The standard InChI is InChI=1S/C33H58O5/c1-3-5-7-9-11-13-14-15-16-17-18-19-21-23-25-27-30(35)29(32(37)33(38)31(36)28-34)26-24-22-20-12-10-8-6-4-2/h5,7,11,13,15-16,29,31,33-34,36,38H,3-4,6,8-10,12,14,17-28H2,1-2H3/b7-5-,13-11-,16-15-. The lowest BCUT2D eigenvalue weighted by atomic mass is 9.86. The van der Waals surface area contributed by atoms with E-state index >= 15 is 0 Å². The molecule has 0 aliphatic rings. The van der Waals surface area contributed by atoms with E-state index in [0.717, 1.165) is 77.0 Å². The molecular weight excluding hydrogens is 476 g/mol. The second-order valence-electron chi connectivity index (χ2n) is 10.5. The highest BCUT2D eigenvalue weighted by atomic mass is 16.4. The number of Topliss-reactive ketones (excluding diaryl/α,β-unsaturated/α-hetero) is 2. The van der Waals surface area contributed by atoms with Crippen molar-refractivity contribution in [3.05, 3.63) is 36.5 Å². The van der Waals surface area contributed by atoms with Crippen LogP contribution in [0, 0.1) is 5.92 Å². The van der Waals surface area contributed by atoms with Gasteiger partial charge in [-0.2, -0.15) is 0 Å². The lowest BCUT2D eigenvalue weighted by molar-refractivity contribution is -0.144. The van der Waals surface area contributed by atoms with Crippen molar-refractivity contribution in [1.82, 2.24) is 0 Å². The smallest absolute Gasteiger partial charge is 0.174 e. The molecule has 3 unspecified atom stereocenters. The summed E-state index contributed by atoms with van der Waals surface area (Å²) in [5.74, 6) is -1.66. The first-order valence-corrected chi connectivity index (χ1v) is 15.5. The van der Waals surface area contributed by atoms with Crippen LogP contribution in [0.5, 0.6) is 0 Å². The van der Waals surface area contributed by atoms with Crippen molar-refractivity contribution in [2.24, 2.45) is 5.92 Å². The van der Waals surface area contributed by atoms with Gasteiger partial charge in [-0.3, -0.25) is 9.59 Å². The van der Waals surface area contributed by atoms with Crippen molar-refractivity contribution in [3.8, 4) is 0 Å². The minimum absolute atomic E-state index is 0.136. The van der Waals surface area contributed by atoms with E-state index in [9.17, 15) is 19.8 Å². The van der Waals surface area contributed by atoms with Crippen molar-refractivity contribution in [1.29, 1.82) is 0 Å². The van der Waals surface area contributed by atoms with Gasteiger partial charge in [-0.05, 0) is 44.9 Å². The first-order chi connectivity index (χ1) is 18.5. The quantitative estimate of drug-likeness (QED) is 0.0574. The summed E-state index contributed by atoms with van der Waals surface area (Å²) in [4.78, 5) is 25.6. The normalized spacial score (nSPS) is 14.6. The lowest BCUT2D eigenvalue weighted by Crippen LogP contribution is -2.42. The average Bonchev–Trinajstić information content (AvgIpc) is 2.93. The van der Waals surface area contributed by atoms with E-state index in [2.05, 4.69) is 50.3 Å². The molecule has 0 amide bonds. The highest BCUT2D eigenvalue weighted by molar-refractivity contribution is 6.04. The van der Waals surface area contributed by atoms with Gasteiger partial charge < -0.3 is 15.3 Å². The van der Waals surface area contributed by atoms with Crippen LogP contribution < -0.4 is 0 Å². The Kier molecular flexibility index (Phi) is 25.9. The highest BCUT2D eigenvalue weighted by Crippen LogP contribution is 2.20. The Morgan fingerprint density at radius 1 is 0.658 bits per heavy atom. The molecule has 0 aromatic rings. The lowest BCUT2D eigenvalue weighted by Gasteiger charge is -2.21. The predicted octanol–water partition coefficient (Wildman–Crippen LogP) is 7.58. The molecule has 0 spiro atoms. The van der Waals surface area contributed by atoms with Crippen LogP contribution in [-0.2, 0) is 9.59 Å². The van der Waals surface area contributed by atoms with E-state index in [1.165, 1.54) is 32.1 Å². The molecule has 0 heterocycles. The number of hydrogen-bond acceptors (Lipinski definition) is 5. The van der Waals surface area contributed by atoms with Crippen LogP contribution in [0.2, 0.25) is 0 Å². The third-order valence-corrected chi connectivity index (χ3v) is 7.00. The molecule has 0 saturated heterocycles. The molecule has 38 heavy (non-hydrogen) atoms. The van der Waals surface area contributed by atoms with E-state index in [-0.39, 0.29) is 5.78 Å². The van der Waals surface area contributed by atoms with Gasteiger partial charge in [0.2, 0.25) is 0 Å². The van der Waals surface area contributed by atoms with Crippen molar-refractivity contribution in [2.45, 2.75) is 148 Å². The Labute approximate surface area is 233 Å².